The maximum atomic E-state index is 12.4. The Morgan fingerprint density at radius 1 is 1.32 bits per heavy atom. The zero-order valence-electron chi connectivity index (χ0n) is 10.9. The smallest absolute Gasteiger partial charge is 0.243 e. The Hall–Kier alpha value is -1.46. The Morgan fingerprint density at radius 2 is 2.11 bits per heavy atom. The second-order valence-corrected chi connectivity index (χ2v) is 6.37. The summed E-state index contributed by atoms with van der Waals surface area (Å²) in [5.74, 6) is -0.0458. The Bertz CT molecular complexity index is 605. The first-order valence-electron chi connectivity index (χ1n) is 6.34. The lowest BCUT2D eigenvalue weighted by Gasteiger charge is -2.22. The van der Waals surface area contributed by atoms with Crippen molar-refractivity contribution >= 4 is 15.8 Å². The standard InChI is InChI=1S/C14H17NO3S/c1-2-14(16)12-7-6-8-13(11-12)19(17,18)15-9-4-3-5-10-15/h3-4,6-8,11H,2,5,9-10H2,1H3. The van der Waals surface area contributed by atoms with E-state index in [-0.39, 0.29) is 10.7 Å². The van der Waals surface area contributed by atoms with Crippen LogP contribution >= 0.6 is 0 Å². The summed E-state index contributed by atoms with van der Waals surface area (Å²) in [7, 11) is -3.50. The van der Waals surface area contributed by atoms with E-state index in [1.165, 1.54) is 10.4 Å². The average molecular weight is 279 g/mol. The Labute approximate surface area is 113 Å². The van der Waals surface area contributed by atoms with Gasteiger partial charge in [-0.05, 0) is 18.6 Å². The van der Waals surface area contributed by atoms with Gasteiger partial charge in [0.05, 0.1) is 4.90 Å². The minimum atomic E-state index is -3.50. The monoisotopic (exact) mass is 279 g/mol. The minimum absolute atomic E-state index is 0.0458. The van der Waals surface area contributed by atoms with Gasteiger partial charge < -0.3 is 0 Å². The molecule has 0 amide bonds. The number of carbonyl (C=O) groups is 1. The van der Waals surface area contributed by atoms with Crippen molar-refractivity contribution in [1.82, 2.24) is 4.31 Å². The molecular weight excluding hydrogens is 262 g/mol. The number of rotatable bonds is 4. The van der Waals surface area contributed by atoms with Crippen molar-refractivity contribution in [3.05, 3.63) is 42.0 Å². The van der Waals surface area contributed by atoms with Gasteiger partial charge in [-0.1, -0.05) is 31.2 Å². The molecule has 1 heterocycles. The van der Waals surface area contributed by atoms with Crippen LogP contribution in [0.3, 0.4) is 0 Å². The molecular formula is C14H17NO3S. The Balaban J connectivity index is 2.35. The van der Waals surface area contributed by atoms with Gasteiger partial charge in [-0.25, -0.2) is 8.42 Å². The van der Waals surface area contributed by atoms with Gasteiger partial charge in [0.15, 0.2) is 5.78 Å². The van der Waals surface area contributed by atoms with Crippen molar-refractivity contribution in [1.29, 1.82) is 0 Å². The first kappa shape index (κ1) is 14.0. The maximum Gasteiger partial charge on any atom is 0.243 e. The van der Waals surface area contributed by atoms with E-state index in [0.717, 1.165) is 6.42 Å². The van der Waals surface area contributed by atoms with Crippen LogP contribution in [0, 0.1) is 0 Å². The second-order valence-electron chi connectivity index (χ2n) is 4.43. The normalized spacial score (nSPS) is 16.5. The van der Waals surface area contributed by atoms with Crippen LogP contribution in [0.25, 0.3) is 0 Å². The molecule has 4 nitrogen and oxygen atoms in total. The van der Waals surface area contributed by atoms with Gasteiger partial charge in [0, 0.05) is 25.1 Å². The third-order valence-corrected chi connectivity index (χ3v) is 5.00. The summed E-state index contributed by atoms with van der Waals surface area (Å²) in [5, 5.41) is 0. The number of hydrogen-bond acceptors (Lipinski definition) is 3. The van der Waals surface area contributed by atoms with E-state index >= 15 is 0 Å². The van der Waals surface area contributed by atoms with Gasteiger partial charge in [-0.2, -0.15) is 4.31 Å². The molecule has 102 valence electrons. The number of hydrogen-bond donors (Lipinski definition) is 0. The molecule has 0 saturated heterocycles. The van der Waals surface area contributed by atoms with Crippen LogP contribution in [0.1, 0.15) is 30.1 Å². The van der Waals surface area contributed by atoms with Crippen LogP contribution < -0.4 is 0 Å². The molecule has 1 aliphatic rings. The number of nitrogens with zero attached hydrogens (tertiary/aromatic N) is 1. The lowest BCUT2D eigenvalue weighted by atomic mass is 10.1. The Morgan fingerprint density at radius 3 is 2.74 bits per heavy atom. The molecule has 0 unspecified atom stereocenters. The van der Waals surface area contributed by atoms with E-state index in [1.54, 1.807) is 25.1 Å². The highest BCUT2D eigenvalue weighted by Crippen LogP contribution is 2.19. The topological polar surface area (TPSA) is 54.5 Å². The first-order chi connectivity index (χ1) is 9.05. The molecule has 0 bridgehead atoms. The average Bonchev–Trinajstić information content (AvgIpc) is 2.47. The van der Waals surface area contributed by atoms with Crippen molar-refractivity contribution in [2.24, 2.45) is 0 Å². The van der Waals surface area contributed by atoms with E-state index in [9.17, 15) is 13.2 Å². The predicted molar refractivity (Wildman–Crippen MR) is 73.6 cm³/mol. The molecule has 0 saturated carbocycles. The lowest BCUT2D eigenvalue weighted by molar-refractivity contribution is 0.0988. The quantitative estimate of drug-likeness (QED) is 0.627. The molecule has 2 rings (SSSR count). The van der Waals surface area contributed by atoms with E-state index in [2.05, 4.69) is 0 Å². The van der Waals surface area contributed by atoms with Crippen molar-refractivity contribution in [3.8, 4) is 0 Å². The largest absolute Gasteiger partial charge is 0.294 e. The van der Waals surface area contributed by atoms with Gasteiger partial charge in [0.1, 0.15) is 0 Å². The molecule has 0 aromatic heterocycles. The SMILES string of the molecule is CCC(=O)c1cccc(S(=O)(=O)N2CC=CCC2)c1. The van der Waals surface area contributed by atoms with Crippen LogP contribution in [0.5, 0.6) is 0 Å². The summed E-state index contributed by atoms with van der Waals surface area (Å²) in [6, 6.07) is 6.29. The summed E-state index contributed by atoms with van der Waals surface area (Å²) in [5.41, 5.74) is 0.455. The summed E-state index contributed by atoms with van der Waals surface area (Å²) >= 11 is 0. The van der Waals surface area contributed by atoms with E-state index in [1.807, 2.05) is 12.2 Å². The molecule has 5 heteroatoms. The molecule has 0 N–H and O–H groups in total. The van der Waals surface area contributed by atoms with Crippen molar-refractivity contribution < 1.29 is 13.2 Å². The van der Waals surface area contributed by atoms with Crippen LogP contribution in [-0.4, -0.2) is 31.6 Å². The van der Waals surface area contributed by atoms with E-state index in [4.69, 9.17) is 0 Å². The van der Waals surface area contributed by atoms with E-state index < -0.39 is 10.0 Å². The first-order valence-corrected chi connectivity index (χ1v) is 7.78. The molecule has 1 aromatic rings. The predicted octanol–water partition coefficient (Wildman–Crippen LogP) is 2.23. The molecule has 1 aromatic carbocycles. The molecule has 0 atom stereocenters. The number of carbonyl (C=O) groups excluding carboxylic acids is 1. The molecule has 0 radical (unpaired) electrons. The summed E-state index contributed by atoms with van der Waals surface area (Å²) in [6.07, 6.45) is 4.92. The zero-order chi connectivity index (χ0) is 13.9. The molecule has 0 spiro atoms. The summed E-state index contributed by atoms with van der Waals surface area (Å²) in [6.45, 7) is 2.65. The number of benzene rings is 1. The summed E-state index contributed by atoms with van der Waals surface area (Å²) < 4.78 is 26.3. The lowest BCUT2D eigenvalue weighted by Crippen LogP contribution is -2.33. The summed E-state index contributed by atoms with van der Waals surface area (Å²) in [4.78, 5) is 11.8. The maximum absolute atomic E-state index is 12.4. The minimum Gasteiger partial charge on any atom is -0.294 e. The van der Waals surface area contributed by atoms with Crippen molar-refractivity contribution in [2.45, 2.75) is 24.7 Å². The highest BCUT2D eigenvalue weighted by atomic mass is 32.2. The van der Waals surface area contributed by atoms with Crippen LogP contribution in [-0.2, 0) is 10.0 Å². The highest BCUT2D eigenvalue weighted by molar-refractivity contribution is 7.89. The molecule has 0 aliphatic carbocycles. The number of Topliss-reactive ketones (excluding diaryl/α,β-unsaturated/α-hetero) is 1. The molecule has 1 aliphatic heterocycles. The van der Waals surface area contributed by atoms with Gasteiger partial charge >= 0.3 is 0 Å². The van der Waals surface area contributed by atoms with Crippen molar-refractivity contribution in [3.63, 3.8) is 0 Å². The van der Waals surface area contributed by atoms with Gasteiger partial charge in [-0.3, -0.25) is 4.79 Å². The number of sulfonamides is 1. The fraction of sp³-hybridized carbons (Fsp3) is 0.357. The van der Waals surface area contributed by atoms with Gasteiger partial charge in [-0.15, -0.1) is 0 Å². The molecule has 19 heavy (non-hydrogen) atoms. The molecule has 0 fully saturated rings. The van der Waals surface area contributed by atoms with E-state index in [0.29, 0.717) is 25.1 Å². The highest BCUT2D eigenvalue weighted by Gasteiger charge is 2.24. The fourth-order valence-corrected chi connectivity index (χ4v) is 3.47. The van der Waals surface area contributed by atoms with Gasteiger partial charge in [0.2, 0.25) is 10.0 Å². The van der Waals surface area contributed by atoms with Crippen LogP contribution in [0.2, 0.25) is 0 Å². The third-order valence-electron chi connectivity index (χ3n) is 3.14. The van der Waals surface area contributed by atoms with Gasteiger partial charge in [0.25, 0.3) is 0 Å². The van der Waals surface area contributed by atoms with Crippen LogP contribution in [0.15, 0.2) is 41.3 Å². The third kappa shape index (κ3) is 2.93. The van der Waals surface area contributed by atoms with Crippen molar-refractivity contribution in [2.75, 3.05) is 13.1 Å². The number of ketones is 1. The zero-order valence-corrected chi connectivity index (χ0v) is 11.7. The second kappa shape index (κ2) is 5.67. The fourth-order valence-electron chi connectivity index (χ4n) is 2.02. The Kier molecular flexibility index (Phi) is 4.17. The van der Waals surface area contributed by atoms with Crippen LogP contribution in [0.4, 0.5) is 0 Å².